The standard InChI is InChI=1S/C7H7Cl2N3.ClH/c8-4-1-2-5(9)6(3-4)12-7(10)11;/h1-3H,(H4,10,11,12);1H. The van der Waals surface area contributed by atoms with Gasteiger partial charge in [0.15, 0.2) is 5.96 Å². The van der Waals surface area contributed by atoms with Gasteiger partial charge in [-0.3, -0.25) is 0 Å². The molecule has 6 heteroatoms. The zero-order chi connectivity index (χ0) is 9.14. The van der Waals surface area contributed by atoms with Crippen LogP contribution >= 0.6 is 35.6 Å². The van der Waals surface area contributed by atoms with Crippen molar-refractivity contribution in [1.29, 1.82) is 0 Å². The molecule has 1 aromatic rings. The van der Waals surface area contributed by atoms with Gasteiger partial charge < -0.3 is 11.5 Å². The highest BCUT2D eigenvalue weighted by molar-refractivity contribution is 6.35. The lowest BCUT2D eigenvalue weighted by Crippen LogP contribution is -2.21. The second kappa shape index (κ2) is 5.17. The first-order valence-corrected chi connectivity index (χ1v) is 3.90. The highest BCUT2D eigenvalue weighted by atomic mass is 35.5. The molecule has 0 saturated heterocycles. The molecule has 1 aromatic carbocycles. The quantitative estimate of drug-likeness (QED) is 0.584. The normalized spacial score (nSPS) is 8.77. The molecule has 0 amide bonds. The molecule has 0 spiro atoms. The number of nitrogens with two attached hydrogens (primary N) is 2. The van der Waals surface area contributed by atoms with Crippen molar-refractivity contribution in [3.8, 4) is 0 Å². The van der Waals surface area contributed by atoms with Crippen LogP contribution in [0.25, 0.3) is 0 Å². The molecule has 4 N–H and O–H groups in total. The molecule has 3 nitrogen and oxygen atoms in total. The average Bonchev–Trinajstić information content (AvgIpc) is 1.96. The lowest BCUT2D eigenvalue weighted by atomic mass is 10.3. The Balaban J connectivity index is 0.00000144. The predicted molar refractivity (Wildman–Crippen MR) is 59.2 cm³/mol. The molecular formula is C7H8Cl3N3. The van der Waals surface area contributed by atoms with Crippen LogP contribution in [0, 0.1) is 0 Å². The Kier molecular flexibility index (Phi) is 4.91. The SMILES string of the molecule is Cl.NC(N)=Nc1cc(Cl)ccc1Cl. The first-order valence-electron chi connectivity index (χ1n) is 3.14. The lowest BCUT2D eigenvalue weighted by molar-refractivity contribution is 1.42. The van der Waals surface area contributed by atoms with Crippen molar-refractivity contribution in [2.75, 3.05) is 0 Å². The monoisotopic (exact) mass is 239 g/mol. The Labute approximate surface area is 92.1 Å². The largest absolute Gasteiger partial charge is 0.370 e. The fourth-order valence-electron chi connectivity index (χ4n) is 0.711. The first kappa shape index (κ1) is 12.4. The van der Waals surface area contributed by atoms with E-state index in [0.29, 0.717) is 15.7 Å². The van der Waals surface area contributed by atoms with Gasteiger partial charge in [-0.25, -0.2) is 4.99 Å². The molecule has 0 aliphatic carbocycles. The number of hydrogen-bond acceptors (Lipinski definition) is 1. The van der Waals surface area contributed by atoms with Crippen LogP contribution in [-0.4, -0.2) is 5.96 Å². The van der Waals surface area contributed by atoms with Crippen molar-refractivity contribution in [2.45, 2.75) is 0 Å². The van der Waals surface area contributed by atoms with Crippen LogP contribution in [0.1, 0.15) is 0 Å². The van der Waals surface area contributed by atoms with Gasteiger partial charge in [-0.15, -0.1) is 12.4 Å². The van der Waals surface area contributed by atoms with Crippen LogP contribution in [0.5, 0.6) is 0 Å². The van der Waals surface area contributed by atoms with Gasteiger partial charge in [0.25, 0.3) is 0 Å². The molecule has 0 atom stereocenters. The number of aliphatic imine (C=N–C) groups is 1. The summed E-state index contributed by atoms with van der Waals surface area (Å²) >= 11 is 11.5. The zero-order valence-corrected chi connectivity index (χ0v) is 8.83. The molecule has 0 saturated carbocycles. The number of benzene rings is 1. The summed E-state index contributed by atoms with van der Waals surface area (Å²) in [6.07, 6.45) is 0. The predicted octanol–water partition coefficient (Wildman–Crippen LogP) is 2.32. The fraction of sp³-hybridized carbons (Fsp3) is 0. The lowest BCUT2D eigenvalue weighted by Gasteiger charge is -1.98. The smallest absolute Gasteiger partial charge is 0.191 e. The summed E-state index contributed by atoms with van der Waals surface area (Å²) in [5.41, 5.74) is 10.8. The highest BCUT2D eigenvalue weighted by Crippen LogP contribution is 2.27. The van der Waals surface area contributed by atoms with Gasteiger partial charge >= 0.3 is 0 Å². The van der Waals surface area contributed by atoms with Crippen LogP contribution in [-0.2, 0) is 0 Å². The maximum atomic E-state index is 5.76. The molecule has 0 heterocycles. The number of rotatable bonds is 1. The molecule has 0 aliphatic rings. The van der Waals surface area contributed by atoms with E-state index in [-0.39, 0.29) is 18.4 Å². The Morgan fingerprint density at radius 2 is 1.85 bits per heavy atom. The number of nitrogens with zero attached hydrogens (tertiary/aromatic N) is 1. The Hall–Kier alpha value is -0.640. The number of guanidine groups is 1. The number of hydrogen-bond donors (Lipinski definition) is 2. The Morgan fingerprint density at radius 3 is 2.38 bits per heavy atom. The molecule has 0 fully saturated rings. The van der Waals surface area contributed by atoms with Crippen LogP contribution in [0.3, 0.4) is 0 Å². The summed E-state index contributed by atoms with van der Waals surface area (Å²) in [5.74, 6) is -0.0424. The van der Waals surface area contributed by atoms with Gasteiger partial charge in [-0.2, -0.15) is 0 Å². The van der Waals surface area contributed by atoms with E-state index in [1.54, 1.807) is 18.2 Å². The summed E-state index contributed by atoms with van der Waals surface area (Å²) in [4.78, 5) is 3.78. The molecular weight excluding hydrogens is 232 g/mol. The molecule has 72 valence electrons. The van der Waals surface area contributed by atoms with E-state index in [2.05, 4.69) is 4.99 Å². The van der Waals surface area contributed by atoms with Crippen molar-refractivity contribution >= 4 is 47.3 Å². The van der Waals surface area contributed by atoms with Gasteiger partial charge in [0.05, 0.1) is 10.7 Å². The molecule has 1 rings (SSSR count). The summed E-state index contributed by atoms with van der Waals surface area (Å²) in [6.45, 7) is 0. The average molecular weight is 241 g/mol. The van der Waals surface area contributed by atoms with Crippen LogP contribution in [0.15, 0.2) is 23.2 Å². The molecule has 0 bridgehead atoms. The van der Waals surface area contributed by atoms with E-state index < -0.39 is 0 Å². The van der Waals surface area contributed by atoms with Gasteiger partial charge in [0.1, 0.15) is 0 Å². The minimum atomic E-state index is -0.0424. The highest BCUT2D eigenvalue weighted by Gasteiger charge is 1.98. The molecule has 13 heavy (non-hydrogen) atoms. The van der Waals surface area contributed by atoms with E-state index in [1.807, 2.05) is 0 Å². The van der Waals surface area contributed by atoms with Crippen LogP contribution < -0.4 is 11.5 Å². The summed E-state index contributed by atoms with van der Waals surface area (Å²) < 4.78 is 0. The minimum absolute atomic E-state index is 0. The van der Waals surface area contributed by atoms with Crippen LogP contribution in [0.4, 0.5) is 5.69 Å². The van der Waals surface area contributed by atoms with Gasteiger partial charge in [0, 0.05) is 5.02 Å². The third-order valence-electron chi connectivity index (χ3n) is 1.16. The van der Waals surface area contributed by atoms with E-state index in [4.69, 9.17) is 34.7 Å². The second-order valence-electron chi connectivity index (χ2n) is 2.13. The minimum Gasteiger partial charge on any atom is -0.370 e. The van der Waals surface area contributed by atoms with Gasteiger partial charge in [0.2, 0.25) is 0 Å². The molecule has 0 aliphatic heterocycles. The van der Waals surface area contributed by atoms with Gasteiger partial charge in [-0.05, 0) is 18.2 Å². The maximum absolute atomic E-state index is 5.76. The molecule has 0 aromatic heterocycles. The summed E-state index contributed by atoms with van der Waals surface area (Å²) in [6, 6.07) is 4.88. The summed E-state index contributed by atoms with van der Waals surface area (Å²) in [7, 11) is 0. The van der Waals surface area contributed by atoms with Crippen molar-refractivity contribution in [3.05, 3.63) is 28.2 Å². The summed E-state index contributed by atoms with van der Waals surface area (Å²) in [5, 5.41) is 1.01. The molecule has 0 radical (unpaired) electrons. The molecule has 0 unspecified atom stereocenters. The first-order chi connectivity index (χ1) is 5.59. The van der Waals surface area contributed by atoms with E-state index in [9.17, 15) is 0 Å². The van der Waals surface area contributed by atoms with E-state index in [1.165, 1.54) is 0 Å². The van der Waals surface area contributed by atoms with E-state index >= 15 is 0 Å². The van der Waals surface area contributed by atoms with E-state index in [0.717, 1.165) is 0 Å². The van der Waals surface area contributed by atoms with Crippen molar-refractivity contribution in [2.24, 2.45) is 16.5 Å². The third kappa shape index (κ3) is 3.72. The zero-order valence-electron chi connectivity index (χ0n) is 6.50. The fourth-order valence-corrected chi connectivity index (χ4v) is 1.04. The second-order valence-corrected chi connectivity index (χ2v) is 2.98. The van der Waals surface area contributed by atoms with Gasteiger partial charge in [-0.1, -0.05) is 23.2 Å². The Morgan fingerprint density at radius 1 is 1.23 bits per heavy atom. The third-order valence-corrected chi connectivity index (χ3v) is 1.71. The van der Waals surface area contributed by atoms with Crippen molar-refractivity contribution in [1.82, 2.24) is 0 Å². The Bertz CT molecular complexity index is 321. The van der Waals surface area contributed by atoms with Crippen molar-refractivity contribution in [3.63, 3.8) is 0 Å². The van der Waals surface area contributed by atoms with Crippen molar-refractivity contribution < 1.29 is 0 Å². The van der Waals surface area contributed by atoms with Crippen LogP contribution in [0.2, 0.25) is 10.0 Å². The number of halogens is 3. The maximum Gasteiger partial charge on any atom is 0.191 e. The topological polar surface area (TPSA) is 64.4 Å².